The normalized spacial score (nSPS) is 11.6. The smallest absolute Gasteiger partial charge is 0.0716 e. The summed E-state index contributed by atoms with van der Waals surface area (Å²) in [5, 5.41) is 3.24. The van der Waals surface area contributed by atoms with Crippen LogP contribution >= 0.6 is 0 Å². The first kappa shape index (κ1) is 25.7. The fourth-order valence-corrected chi connectivity index (χ4v) is 4.82. The minimum absolute atomic E-state index is 0.718. The molecule has 0 amide bonds. The molecule has 0 spiro atoms. The van der Waals surface area contributed by atoms with Gasteiger partial charge in [0.1, 0.15) is 0 Å². The lowest BCUT2D eigenvalue weighted by Gasteiger charge is -2.15. The number of nitrogens with two attached hydrogens (primary N) is 1. The zero-order valence-electron chi connectivity index (χ0n) is 22.6. The summed E-state index contributed by atoms with van der Waals surface area (Å²) in [5.41, 5.74) is 18.7. The zero-order chi connectivity index (χ0) is 27.2. The van der Waals surface area contributed by atoms with Crippen LogP contribution in [0, 0.1) is 0 Å². The van der Waals surface area contributed by atoms with Crippen molar-refractivity contribution < 1.29 is 0 Å². The van der Waals surface area contributed by atoms with Gasteiger partial charge < -0.3 is 11.1 Å². The number of hydrogen-bond acceptors (Lipinski definition) is 3. The van der Waals surface area contributed by atoms with Gasteiger partial charge in [0.15, 0.2) is 0 Å². The van der Waals surface area contributed by atoms with Crippen molar-refractivity contribution in [1.29, 1.82) is 0 Å². The monoisotopic (exact) mass is 507 g/mol. The molecule has 0 aliphatic rings. The first-order chi connectivity index (χ1) is 19.1. The lowest BCUT2D eigenvalue weighted by molar-refractivity contribution is 1.32. The number of pyridine rings is 1. The van der Waals surface area contributed by atoms with Crippen molar-refractivity contribution in [3.05, 3.63) is 133 Å². The molecule has 3 nitrogen and oxygen atoms in total. The van der Waals surface area contributed by atoms with E-state index in [1.165, 1.54) is 22.3 Å². The Labute approximate surface area is 231 Å². The van der Waals surface area contributed by atoms with Crippen molar-refractivity contribution in [1.82, 2.24) is 4.98 Å². The molecule has 3 heteroatoms. The molecule has 3 N–H and O–H groups in total. The van der Waals surface area contributed by atoms with E-state index in [0.717, 1.165) is 45.0 Å². The summed E-state index contributed by atoms with van der Waals surface area (Å²) in [7, 11) is 1.93. The highest BCUT2D eigenvalue weighted by Gasteiger charge is 2.13. The number of nitrogen functional groups attached to an aromatic ring is 1. The third-order valence-corrected chi connectivity index (χ3v) is 6.82. The molecule has 0 radical (unpaired) electrons. The predicted octanol–water partition coefficient (Wildman–Crippen LogP) is 9.35. The molecular formula is C36H33N3. The van der Waals surface area contributed by atoms with Crippen molar-refractivity contribution in [2.45, 2.75) is 13.8 Å². The van der Waals surface area contributed by atoms with Crippen LogP contribution < -0.4 is 11.1 Å². The van der Waals surface area contributed by atoms with E-state index in [-0.39, 0.29) is 0 Å². The third-order valence-electron chi connectivity index (χ3n) is 6.82. The van der Waals surface area contributed by atoms with Crippen LogP contribution in [0.2, 0.25) is 0 Å². The number of nitrogens with zero attached hydrogens (tertiary/aromatic N) is 1. The molecule has 5 aromatic rings. The Bertz CT molecular complexity index is 1660. The van der Waals surface area contributed by atoms with E-state index >= 15 is 0 Å². The molecule has 39 heavy (non-hydrogen) atoms. The Kier molecular flexibility index (Phi) is 7.70. The van der Waals surface area contributed by atoms with Gasteiger partial charge in [-0.3, -0.25) is 0 Å². The van der Waals surface area contributed by atoms with Gasteiger partial charge in [-0.15, -0.1) is 0 Å². The average molecular weight is 508 g/mol. The second-order valence-corrected chi connectivity index (χ2v) is 9.49. The van der Waals surface area contributed by atoms with E-state index in [9.17, 15) is 0 Å². The van der Waals surface area contributed by atoms with Crippen LogP contribution in [0.4, 0.5) is 11.4 Å². The standard InChI is InChI=1S/C36H33N3/c1-4-11-25(5-2)29-18-30(26-12-7-6-8-13-26)20-31(19-29)32-23-35(27-14-9-16-33(37)21-27)39-36(24-32)28-15-10-17-34(22-28)38-3/h4-24,38H,37H2,1-3H3/b11-4-,25-5+. The lowest BCUT2D eigenvalue weighted by atomic mass is 9.92. The summed E-state index contributed by atoms with van der Waals surface area (Å²) in [6.45, 7) is 4.14. The molecule has 0 aliphatic carbocycles. The van der Waals surface area contributed by atoms with Gasteiger partial charge in [-0.25, -0.2) is 4.98 Å². The van der Waals surface area contributed by atoms with Crippen molar-refractivity contribution in [3.8, 4) is 44.8 Å². The number of rotatable bonds is 7. The third kappa shape index (κ3) is 5.83. The maximum absolute atomic E-state index is 6.16. The molecule has 0 unspecified atom stereocenters. The molecule has 0 aliphatic heterocycles. The Morgan fingerprint density at radius 2 is 1.26 bits per heavy atom. The van der Waals surface area contributed by atoms with E-state index in [1.54, 1.807) is 0 Å². The summed E-state index contributed by atoms with van der Waals surface area (Å²) in [6, 6.07) is 38.0. The molecule has 192 valence electrons. The molecule has 0 saturated carbocycles. The van der Waals surface area contributed by atoms with E-state index in [2.05, 4.69) is 128 Å². The van der Waals surface area contributed by atoms with Gasteiger partial charge in [-0.2, -0.15) is 0 Å². The van der Waals surface area contributed by atoms with Gasteiger partial charge in [0.2, 0.25) is 0 Å². The molecular weight excluding hydrogens is 474 g/mol. The van der Waals surface area contributed by atoms with Crippen LogP contribution in [-0.2, 0) is 0 Å². The van der Waals surface area contributed by atoms with Crippen molar-refractivity contribution in [3.63, 3.8) is 0 Å². The number of nitrogens with one attached hydrogen (secondary N) is 1. The largest absolute Gasteiger partial charge is 0.399 e. The van der Waals surface area contributed by atoms with Gasteiger partial charge in [-0.05, 0) is 102 Å². The lowest BCUT2D eigenvalue weighted by Crippen LogP contribution is -1.94. The SMILES string of the molecule is C/C=C\C(=C/C)c1cc(-c2ccccc2)cc(-c2cc(-c3cccc(N)c3)nc(-c3cccc(NC)c3)c2)c1. The number of anilines is 2. The Balaban J connectivity index is 1.76. The van der Waals surface area contributed by atoms with E-state index in [1.807, 2.05) is 25.2 Å². The summed E-state index contributed by atoms with van der Waals surface area (Å²) >= 11 is 0. The number of hydrogen-bond donors (Lipinski definition) is 2. The molecule has 0 saturated heterocycles. The molecule has 0 atom stereocenters. The highest BCUT2D eigenvalue weighted by atomic mass is 14.8. The molecule has 1 heterocycles. The van der Waals surface area contributed by atoms with Gasteiger partial charge >= 0.3 is 0 Å². The summed E-state index contributed by atoms with van der Waals surface area (Å²) in [6.07, 6.45) is 6.40. The molecule has 0 fully saturated rings. The van der Waals surface area contributed by atoms with E-state index in [0.29, 0.717) is 0 Å². The zero-order valence-corrected chi connectivity index (χ0v) is 22.6. The summed E-state index contributed by atoms with van der Waals surface area (Å²) in [4.78, 5) is 5.09. The van der Waals surface area contributed by atoms with Crippen LogP contribution in [0.1, 0.15) is 19.4 Å². The minimum atomic E-state index is 0.718. The van der Waals surface area contributed by atoms with Crippen molar-refractivity contribution in [2.24, 2.45) is 0 Å². The molecule has 1 aromatic heterocycles. The molecule has 0 bridgehead atoms. The average Bonchev–Trinajstić information content (AvgIpc) is 3.00. The van der Waals surface area contributed by atoms with Crippen LogP contribution in [0.15, 0.2) is 127 Å². The Morgan fingerprint density at radius 3 is 1.90 bits per heavy atom. The van der Waals surface area contributed by atoms with Crippen molar-refractivity contribution in [2.75, 3.05) is 18.1 Å². The second kappa shape index (κ2) is 11.7. The topological polar surface area (TPSA) is 50.9 Å². The van der Waals surface area contributed by atoms with Gasteiger partial charge in [-0.1, -0.05) is 72.8 Å². The van der Waals surface area contributed by atoms with E-state index < -0.39 is 0 Å². The van der Waals surface area contributed by atoms with Crippen LogP contribution in [0.3, 0.4) is 0 Å². The van der Waals surface area contributed by atoms with Crippen LogP contribution in [0.5, 0.6) is 0 Å². The fraction of sp³-hybridized carbons (Fsp3) is 0.0833. The minimum Gasteiger partial charge on any atom is -0.399 e. The maximum Gasteiger partial charge on any atom is 0.0716 e. The van der Waals surface area contributed by atoms with E-state index in [4.69, 9.17) is 10.7 Å². The van der Waals surface area contributed by atoms with Gasteiger partial charge in [0, 0.05) is 29.5 Å². The number of allylic oxidation sites excluding steroid dienone is 4. The van der Waals surface area contributed by atoms with Crippen LogP contribution in [-0.4, -0.2) is 12.0 Å². The number of aromatic nitrogens is 1. The van der Waals surface area contributed by atoms with Gasteiger partial charge in [0.05, 0.1) is 11.4 Å². The summed E-state index contributed by atoms with van der Waals surface area (Å²) in [5.74, 6) is 0. The van der Waals surface area contributed by atoms with Crippen LogP contribution in [0.25, 0.3) is 50.3 Å². The first-order valence-corrected chi connectivity index (χ1v) is 13.2. The maximum atomic E-state index is 6.16. The second-order valence-electron chi connectivity index (χ2n) is 9.49. The highest BCUT2D eigenvalue weighted by Crippen LogP contribution is 2.35. The number of benzene rings is 4. The fourth-order valence-electron chi connectivity index (χ4n) is 4.82. The quantitative estimate of drug-likeness (QED) is 0.170. The molecule has 4 aromatic carbocycles. The Morgan fingerprint density at radius 1 is 0.641 bits per heavy atom. The summed E-state index contributed by atoms with van der Waals surface area (Å²) < 4.78 is 0. The molecule has 5 rings (SSSR count). The predicted molar refractivity (Wildman–Crippen MR) is 168 cm³/mol. The first-order valence-electron chi connectivity index (χ1n) is 13.2. The highest BCUT2D eigenvalue weighted by molar-refractivity contribution is 5.85. The van der Waals surface area contributed by atoms with Gasteiger partial charge in [0.25, 0.3) is 0 Å². The van der Waals surface area contributed by atoms with Crippen molar-refractivity contribution >= 4 is 16.9 Å². The Hall–Kier alpha value is -4.89.